The number of hydrogen-bond donors (Lipinski definition) is 2. The van der Waals surface area contributed by atoms with E-state index in [1.807, 2.05) is 24.3 Å². The predicted molar refractivity (Wildman–Crippen MR) is 94.2 cm³/mol. The number of benzene rings is 1. The molecular weight excluding hydrogens is 340 g/mol. The van der Waals surface area contributed by atoms with E-state index in [4.69, 9.17) is 9.47 Å². The van der Waals surface area contributed by atoms with Gasteiger partial charge < -0.3 is 20.1 Å². The highest BCUT2D eigenvalue weighted by molar-refractivity contribution is 7.17. The molecule has 1 aliphatic carbocycles. The lowest BCUT2D eigenvalue weighted by Crippen LogP contribution is -2.37. The largest absolute Gasteiger partial charge is 0.486 e. The number of carbonyl (C=O) groups excluding carboxylic acids is 2. The summed E-state index contributed by atoms with van der Waals surface area (Å²) in [7, 11) is 0. The summed E-state index contributed by atoms with van der Waals surface area (Å²) in [5.41, 5.74) is 0.972. The van der Waals surface area contributed by atoms with Crippen LogP contribution in [-0.4, -0.2) is 37.6 Å². The fraction of sp³-hybridized carbons (Fsp3) is 0.333. The second-order valence-corrected chi connectivity index (χ2v) is 7.13. The molecule has 0 saturated heterocycles. The topological polar surface area (TPSA) is 76.7 Å². The van der Waals surface area contributed by atoms with E-state index in [0.29, 0.717) is 24.1 Å². The van der Waals surface area contributed by atoms with Gasteiger partial charge in [0.25, 0.3) is 5.91 Å². The molecule has 1 saturated carbocycles. The molecule has 0 unspecified atom stereocenters. The maximum Gasteiger partial charge on any atom is 0.261 e. The number of thiophene rings is 1. The molecule has 1 aliphatic heterocycles. The van der Waals surface area contributed by atoms with Crippen LogP contribution < -0.4 is 20.1 Å². The van der Waals surface area contributed by atoms with E-state index in [1.165, 1.54) is 11.3 Å². The highest BCUT2D eigenvalue weighted by atomic mass is 32.1. The van der Waals surface area contributed by atoms with Crippen molar-refractivity contribution in [2.45, 2.75) is 18.9 Å². The van der Waals surface area contributed by atoms with E-state index < -0.39 is 0 Å². The lowest BCUT2D eigenvalue weighted by atomic mass is 10.1. The summed E-state index contributed by atoms with van der Waals surface area (Å²) >= 11 is 1.38. The number of ether oxygens (including phenoxy) is 2. The van der Waals surface area contributed by atoms with Gasteiger partial charge in [0.1, 0.15) is 13.2 Å². The van der Waals surface area contributed by atoms with Crippen LogP contribution in [-0.2, 0) is 4.79 Å². The number of fused-ring (bicyclic) bond motifs is 1. The summed E-state index contributed by atoms with van der Waals surface area (Å²) in [5, 5.41) is 5.51. The number of carbonyl (C=O) groups is 2. The fourth-order valence-electron chi connectivity index (χ4n) is 2.57. The van der Waals surface area contributed by atoms with Gasteiger partial charge in [0.2, 0.25) is 5.91 Å². The molecule has 7 heteroatoms. The smallest absolute Gasteiger partial charge is 0.261 e. The van der Waals surface area contributed by atoms with Crippen molar-refractivity contribution >= 4 is 23.2 Å². The number of hydrogen-bond acceptors (Lipinski definition) is 5. The zero-order valence-corrected chi connectivity index (χ0v) is 14.4. The van der Waals surface area contributed by atoms with Crippen LogP contribution in [0.25, 0.3) is 10.4 Å². The maximum atomic E-state index is 12.2. The van der Waals surface area contributed by atoms with Gasteiger partial charge >= 0.3 is 0 Å². The molecule has 4 rings (SSSR count). The van der Waals surface area contributed by atoms with Crippen LogP contribution in [0.3, 0.4) is 0 Å². The minimum absolute atomic E-state index is 0.00654. The summed E-state index contributed by atoms with van der Waals surface area (Å²) in [6.07, 6.45) is 2.06. The van der Waals surface area contributed by atoms with Crippen molar-refractivity contribution in [2.24, 2.45) is 0 Å². The standard InChI is InChI=1S/C18H18N2O4S/c21-17(20-12-2-3-12)10-19-18(22)16-6-5-15(25-16)11-1-4-13-14(9-11)24-8-7-23-13/h1,4-6,9,12H,2-3,7-8,10H2,(H,19,22)(H,20,21). The van der Waals surface area contributed by atoms with Crippen LogP contribution in [0.4, 0.5) is 0 Å². The molecular formula is C18H18N2O4S. The molecule has 130 valence electrons. The van der Waals surface area contributed by atoms with Crippen molar-refractivity contribution in [3.63, 3.8) is 0 Å². The van der Waals surface area contributed by atoms with Gasteiger partial charge in [0, 0.05) is 10.9 Å². The Kier molecular flexibility index (Phi) is 4.31. The second-order valence-electron chi connectivity index (χ2n) is 6.05. The number of amides is 2. The summed E-state index contributed by atoms with van der Waals surface area (Å²) in [6, 6.07) is 9.72. The Morgan fingerprint density at radius 1 is 1.08 bits per heavy atom. The highest BCUT2D eigenvalue weighted by Crippen LogP contribution is 2.36. The van der Waals surface area contributed by atoms with E-state index in [0.717, 1.165) is 34.8 Å². The summed E-state index contributed by atoms with van der Waals surface area (Å²) < 4.78 is 11.1. The zero-order valence-electron chi connectivity index (χ0n) is 13.5. The fourth-order valence-corrected chi connectivity index (χ4v) is 3.48. The molecule has 0 bridgehead atoms. The van der Waals surface area contributed by atoms with Gasteiger partial charge in [-0.05, 0) is 48.7 Å². The molecule has 1 aromatic heterocycles. The minimum Gasteiger partial charge on any atom is -0.486 e. The summed E-state index contributed by atoms with van der Waals surface area (Å²) in [5.74, 6) is 1.09. The Morgan fingerprint density at radius 2 is 1.88 bits per heavy atom. The van der Waals surface area contributed by atoms with Crippen LogP contribution in [0, 0.1) is 0 Å². The Morgan fingerprint density at radius 3 is 2.68 bits per heavy atom. The first-order valence-electron chi connectivity index (χ1n) is 8.26. The quantitative estimate of drug-likeness (QED) is 0.859. The van der Waals surface area contributed by atoms with Crippen molar-refractivity contribution in [1.82, 2.24) is 10.6 Å². The molecule has 0 radical (unpaired) electrons. The van der Waals surface area contributed by atoms with Crippen LogP contribution in [0.2, 0.25) is 0 Å². The Bertz CT molecular complexity index is 813. The van der Waals surface area contributed by atoms with Crippen molar-refractivity contribution in [3.05, 3.63) is 35.2 Å². The SMILES string of the molecule is O=C(CNC(=O)c1ccc(-c2ccc3c(c2)OCCO3)s1)NC1CC1. The van der Waals surface area contributed by atoms with Crippen LogP contribution in [0.5, 0.6) is 11.5 Å². The van der Waals surface area contributed by atoms with Crippen LogP contribution in [0.15, 0.2) is 30.3 Å². The summed E-state index contributed by atoms with van der Waals surface area (Å²) in [6.45, 7) is 1.11. The van der Waals surface area contributed by atoms with Gasteiger partial charge in [-0.25, -0.2) is 0 Å². The maximum absolute atomic E-state index is 12.2. The average molecular weight is 358 g/mol. The third-order valence-electron chi connectivity index (χ3n) is 4.01. The van der Waals surface area contributed by atoms with Gasteiger partial charge in [0.15, 0.2) is 11.5 Å². The summed E-state index contributed by atoms with van der Waals surface area (Å²) in [4.78, 5) is 25.4. The zero-order chi connectivity index (χ0) is 17.2. The van der Waals surface area contributed by atoms with Crippen LogP contribution >= 0.6 is 11.3 Å². The van der Waals surface area contributed by atoms with Crippen molar-refractivity contribution in [2.75, 3.05) is 19.8 Å². The first kappa shape index (κ1) is 16.0. The molecule has 2 aromatic rings. The van der Waals surface area contributed by atoms with Crippen LogP contribution in [0.1, 0.15) is 22.5 Å². The average Bonchev–Trinajstić information content (AvgIpc) is 3.30. The molecule has 1 fully saturated rings. The molecule has 2 aliphatic rings. The third kappa shape index (κ3) is 3.76. The third-order valence-corrected chi connectivity index (χ3v) is 5.14. The van der Waals surface area contributed by atoms with E-state index in [1.54, 1.807) is 6.07 Å². The minimum atomic E-state index is -0.236. The predicted octanol–water partition coefficient (Wildman–Crippen LogP) is 2.19. The first-order valence-corrected chi connectivity index (χ1v) is 9.08. The van der Waals surface area contributed by atoms with Gasteiger partial charge in [-0.1, -0.05) is 0 Å². The number of rotatable bonds is 5. The van der Waals surface area contributed by atoms with Gasteiger partial charge in [0.05, 0.1) is 11.4 Å². The second kappa shape index (κ2) is 6.76. The Hall–Kier alpha value is -2.54. The molecule has 25 heavy (non-hydrogen) atoms. The lowest BCUT2D eigenvalue weighted by molar-refractivity contribution is -0.120. The Balaban J connectivity index is 1.40. The van der Waals surface area contributed by atoms with Crippen molar-refractivity contribution in [3.8, 4) is 21.9 Å². The van der Waals surface area contributed by atoms with E-state index >= 15 is 0 Å². The molecule has 1 aromatic carbocycles. The molecule has 2 N–H and O–H groups in total. The van der Waals surface area contributed by atoms with E-state index in [9.17, 15) is 9.59 Å². The molecule has 0 atom stereocenters. The first-order chi connectivity index (χ1) is 12.2. The monoisotopic (exact) mass is 358 g/mol. The van der Waals surface area contributed by atoms with Gasteiger partial charge in [-0.3, -0.25) is 9.59 Å². The molecule has 6 nitrogen and oxygen atoms in total. The molecule has 0 spiro atoms. The molecule has 2 heterocycles. The van der Waals surface area contributed by atoms with E-state index in [-0.39, 0.29) is 18.4 Å². The molecule has 2 amide bonds. The number of nitrogens with one attached hydrogen (secondary N) is 2. The normalized spacial score (nSPS) is 15.5. The lowest BCUT2D eigenvalue weighted by Gasteiger charge is -2.18. The highest BCUT2D eigenvalue weighted by Gasteiger charge is 2.23. The Labute approximate surface area is 149 Å². The van der Waals surface area contributed by atoms with Crippen molar-refractivity contribution < 1.29 is 19.1 Å². The van der Waals surface area contributed by atoms with Gasteiger partial charge in [-0.15, -0.1) is 11.3 Å². The van der Waals surface area contributed by atoms with Gasteiger partial charge in [-0.2, -0.15) is 0 Å². The van der Waals surface area contributed by atoms with E-state index in [2.05, 4.69) is 10.6 Å². The van der Waals surface area contributed by atoms with Crippen molar-refractivity contribution in [1.29, 1.82) is 0 Å².